The van der Waals surface area contributed by atoms with Gasteiger partial charge < -0.3 is 14.5 Å². The van der Waals surface area contributed by atoms with Gasteiger partial charge in [0, 0.05) is 5.69 Å². The number of imide groups is 1. The number of ether oxygens (including phenoxy) is 1. The highest BCUT2D eigenvalue weighted by molar-refractivity contribution is 6.36. The Morgan fingerprint density at radius 2 is 1.80 bits per heavy atom. The molecular weight excluding hydrogens is 380 g/mol. The molecule has 0 aliphatic carbocycles. The Bertz CT molecular complexity index is 1100. The van der Waals surface area contributed by atoms with Crippen molar-refractivity contribution in [2.24, 2.45) is 0 Å². The van der Waals surface area contributed by atoms with Crippen LogP contribution >= 0.6 is 0 Å². The predicted octanol–water partition coefficient (Wildman–Crippen LogP) is 4.38. The molecule has 2 amide bonds. The monoisotopic (exact) mass is 402 g/mol. The first-order chi connectivity index (χ1) is 14.6. The number of furan rings is 1. The van der Waals surface area contributed by atoms with E-state index in [1.165, 1.54) is 11.2 Å². The van der Waals surface area contributed by atoms with Crippen molar-refractivity contribution >= 4 is 23.1 Å². The lowest BCUT2D eigenvalue weighted by atomic mass is 10.0. The Morgan fingerprint density at radius 1 is 1.00 bits per heavy atom. The van der Waals surface area contributed by atoms with Crippen molar-refractivity contribution in [1.29, 1.82) is 0 Å². The Balaban J connectivity index is 1.73. The SMILES string of the molecule is CCOc1ccc(C2=C(Nc3cccc(C)c3)C(=O)N(Cc3ccco3)C2=O)cc1. The lowest BCUT2D eigenvalue weighted by Crippen LogP contribution is -2.31. The first-order valence-corrected chi connectivity index (χ1v) is 9.76. The average molecular weight is 402 g/mol. The van der Waals surface area contributed by atoms with Crippen LogP contribution in [0.3, 0.4) is 0 Å². The minimum atomic E-state index is -0.387. The van der Waals surface area contributed by atoms with Crippen molar-refractivity contribution < 1.29 is 18.7 Å². The fraction of sp³-hybridized carbons (Fsp3) is 0.167. The normalized spacial score (nSPS) is 13.9. The van der Waals surface area contributed by atoms with Crippen LogP contribution in [0.4, 0.5) is 5.69 Å². The van der Waals surface area contributed by atoms with Gasteiger partial charge in [-0.1, -0.05) is 24.3 Å². The summed E-state index contributed by atoms with van der Waals surface area (Å²) in [6.07, 6.45) is 1.52. The van der Waals surface area contributed by atoms with E-state index in [-0.39, 0.29) is 24.1 Å². The van der Waals surface area contributed by atoms with E-state index >= 15 is 0 Å². The lowest BCUT2D eigenvalue weighted by Gasteiger charge is -2.13. The summed E-state index contributed by atoms with van der Waals surface area (Å²) < 4.78 is 10.8. The third-order valence-corrected chi connectivity index (χ3v) is 4.80. The van der Waals surface area contributed by atoms with Crippen LogP contribution in [-0.4, -0.2) is 23.3 Å². The van der Waals surface area contributed by atoms with Gasteiger partial charge in [-0.2, -0.15) is 0 Å². The smallest absolute Gasteiger partial charge is 0.278 e. The maximum absolute atomic E-state index is 13.3. The van der Waals surface area contributed by atoms with E-state index in [4.69, 9.17) is 9.15 Å². The number of aryl methyl sites for hydroxylation is 1. The first-order valence-electron chi connectivity index (χ1n) is 9.76. The fourth-order valence-electron chi connectivity index (χ4n) is 3.41. The van der Waals surface area contributed by atoms with E-state index < -0.39 is 0 Å². The second kappa shape index (κ2) is 8.29. The molecule has 1 aliphatic rings. The van der Waals surface area contributed by atoms with Crippen molar-refractivity contribution in [2.45, 2.75) is 20.4 Å². The number of nitrogens with zero attached hydrogens (tertiary/aromatic N) is 1. The van der Waals surface area contributed by atoms with Crippen LogP contribution in [0.1, 0.15) is 23.8 Å². The Hall–Kier alpha value is -3.80. The standard InChI is InChI=1S/C24H22N2O4/c1-3-29-19-11-9-17(10-12-19)21-22(25-18-7-4-6-16(2)14-18)24(28)26(23(21)27)15-20-8-5-13-30-20/h4-14,25H,3,15H2,1-2H3. The van der Waals surface area contributed by atoms with Gasteiger partial charge >= 0.3 is 0 Å². The molecule has 4 rings (SSSR count). The van der Waals surface area contributed by atoms with Gasteiger partial charge in [-0.3, -0.25) is 14.5 Å². The summed E-state index contributed by atoms with van der Waals surface area (Å²) in [6, 6.07) is 18.3. The molecule has 2 heterocycles. The predicted molar refractivity (Wildman–Crippen MR) is 114 cm³/mol. The number of hydrogen-bond donors (Lipinski definition) is 1. The largest absolute Gasteiger partial charge is 0.494 e. The number of hydrogen-bond acceptors (Lipinski definition) is 5. The summed E-state index contributed by atoms with van der Waals surface area (Å²) in [5.41, 5.74) is 3.02. The van der Waals surface area contributed by atoms with Crippen LogP contribution in [0, 0.1) is 6.92 Å². The average Bonchev–Trinajstić information content (AvgIpc) is 3.32. The molecule has 0 radical (unpaired) electrons. The summed E-state index contributed by atoms with van der Waals surface area (Å²) in [7, 11) is 0. The minimum Gasteiger partial charge on any atom is -0.494 e. The fourth-order valence-corrected chi connectivity index (χ4v) is 3.41. The topological polar surface area (TPSA) is 71.8 Å². The highest BCUT2D eigenvalue weighted by atomic mass is 16.5. The number of anilines is 1. The van der Waals surface area contributed by atoms with Gasteiger partial charge in [-0.05, 0) is 61.4 Å². The van der Waals surface area contributed by atoms with Crippen LogP contribution in [-0.2, 0) is 16.1 Å². The molecule has 0 saturated carbocycles. The van der Waals surface area contributed by atoms with Gasteiger partial charge in [0.05, 0.1) is 25.0 Å². The molecule has 3 aromatic rings. The molecule has 1 aliphatic heterocycles. The van der Waals surface area contributed by atoms with Crippen molar-refractivity contribution in [2.75, 3.05) is 11.9 Å². The molecule has 0 spiro atoms. The third-order valence-electron chi connectivity index (χ3n) is 4.80. The van der Waals surface area contributed by atoms with Crippen LogP contribution < -0.4 is 10.1 Å². The molecule has 0 atom stereocenters. The molecular formula is C24H22N2O4. The number of nitrogens with one attached hydrogen (secondary N) is 1. The van der Waals surface area contributed by atoms with Crippen molar-refractivity contribution in [3.05, 3.63) is 89.5 Å². The van der Waals surface area contributed by atoms with Crippen LogP contribution in [0.2, 0.25) is 0 Å². The van der Waals surface area contributed by atoms with E-state index in [2.05, 4.69) is 5.32 Å². The van der Waals surface area contributed by atoms with Gasteiger partial charge in [0.25, 0.3) is 11.8 Å². The van der Waals surface area contributed by atoms with Gasteiger partial charge in [0.15, 0.2) is 0 Å². The van der Waals surface area contributed by atoms with Gasteiger partial charge in [-0.15, -0.1) is 0 Å². The molecule has 152 valence electrons. The highest BCUT2D eigenvalue weighted by Gasteiger charge is 2.39. The molecule has 1 N–H and O–H groups in total. The molecule has 2 aromatic carbocycles. The maximum Gasteiger partial charge on any atom is 0.278 e. The zero-order valence-corrected chi connectivity index (χ0v) is 16.8. The Kier molecular flexibility index (Phi) is 5.39. The Morgan fingerprint density at radius 3 is 2.47 bits per heavy atom. The summed E-state index contributed by atoms with van der Waals surface area (Å²) in [4.78, 5) is 27.7. The summed E-state index contributed by atoms with van der Waals surface area (Å²) in [6.45, 7) is 4.50. The number of carbonyl (C=O) groups is 2. The molecule has 0 saturated heterocycles. The molecule has 0 fully saturated rings. The van der Waals surface area contributed by atoms with Crippen LogP contribution in [0.15, 0.2) is 77.0 Å². The van der Waals surface area contributed by atoms with Crippen molar-refractivity contribution in [3.8, 4) is 5.75 Å². The molecule has 6 heteroatoms. The second-order valence-electron chi connectivity index (χ2n) is 6.98. The number of carbonyl (C=O) groups excluding carboxylic acids is 2. The van der Waals surface area contributed by atoms with Crippen molar-refractivity contribution in [3.63, 3.8) is 0 Å². The van der Waals surface area contributed by atoms with E-state index in [0.717, 1.165) is 11.3 Å². The van der Waals surface area contributed by atoms with E-state index in [9.17, 15) is 9.59 Å². The number of benzene rings is 2. The zero-order valence-electron chi connectivity index (χ0n) is 16.8. The molecule has 0 bridgehead atoms. The van der Waals surface area contributed by atoms with Crippen LogP contribution in [0.5, 0.6) is 5.75 Å². The zero-order chi connectivity index (χ0) is 21.1. The lowest BCUT2D eigenvalue weighted by molar-refractivity contribution is -0.137. The van der Waals surface area contributed by atoms with Crippen LogP contribution in [0.25, 0.3) is 5.57 Å². The van der Waals surface area contributed by atoms with E-state index in [1.54, 1.807) is 36.4 Å². The number of rotatable bonds is 7. The summed E-state index contributed by atoms with van der Waals surface area (Å²) in [5.74, 6) is 0.497. The minimum absolute atomic E-state index is 0.0736. The quantitative estimate of drug-likeness (QED) is 0.594. The van der Waals surface area contributed by atoms with Gasteiger partial charge in [0.1, 0.15) is 17.2 Å². The highest BCUT2D eigenvalue weighted by Crippen LogP contribution is 2.32. The van der Waals surface area contributed by atoms with E-state index in [0.29, 0.717) is 29.3 Å². The Labute approximate surface area is 174 Å². The van der Waals surface area contributed by atoms with Gasteiger partial charge in [0.2, 0.25) is 0 Å². The summed E-state index contributed by atoms with van der Waals surface area (Å²) in [5, 5.41) is 3.17. The first kappa shape index (κ1) is 19.5. The maximum atomic E-state index is 13.3. The third kappa shape index (κ3) is 3.85. The van der Waals surface area contributed by atoms with Crippen molar-refractivity contribution in [1.82, 2.24) is 4.90 Å². The molecule has 30 heavy (non-hydrogen) atoms. The molecule has 1 aromatic heterocycles. The number of amides is 2. The molecule has 6 nitrogen and oxygen atoms in total. The molecule has 0 unspecified atom stereocenters. The second-order valence-corrected chi connectivity index (χ2v) is 6.98. The van der Waals surface area contributed by atoms with Gasteiger partial charge in [-0.25, -0.2) is 0 Å². The summed E-state index contributed by atoms with van der Waals surface area (Å²) >= 11 is 0. The van der Waals surface area contributed by atoms with E-state index in [1.807, 2.05) is 38.1 Å².